The van der Waals surface area contributed by atoms with Crippen molar-refractivity contribution < 1.29 is 9.90 Å². The van der Waals surface area contributed by atoms with E-state index in [1.54, 1.807) is 11.3 Å². The predicted octanol–water partition coefficient (Wildman–Crippen LogP) is 1.30. The van der Waals surface area contributed by atoms with E-state index in [0.717, 1.165) is 30.2 Å². The summed E-state index contributed by atoms with van der Waals surface area (Å²) in [6, 6.07) is 0. The second kappa shape index (κ2) is 6.02. The van der Waals surface area contributed by atoms with Gasteiger partial charge in [-0.2, -0.15) is 0 Å². The predicted molar refractivity (Wildman–Crippen MR) is 82.0 cm³/mol. The molecule has 0 bridgehead atoms. The maximum Gasteiger partial charge on any atom is 0.255 e. The Kier molecular flexibility index (Phi) is 4.28. The molecule has 3 rings (SSSR count). The lowest BCUT2D eigenvalue weighted by molar-refractivity contribution is -0.156. The van der Waals surface area contributed by atoms with E-state index in [2.05, 4.69) is 10.3 Å². The molecule has 6 heteroatoms. The third kappa shape index (κ3) is 3.62. The van der Waals surface area contributed by atoms with Gasteiger partial charge in [-0.15, -0.1) is 11.3 Å². The number of amides is 1. The number of nitrogens with zero attached hydrogens (tertiary/aromatic N) is 2. The highest BCUT2D eigenvalue weighted by Gasteiger charge is 2.43. The zero-order valence-electron chi connectivity index (χ0n) is 12.5. The van der Waals surface area contributed by atoms with E-state index >= 15 is 0 Å². The van der Waals surface area contributed by atoms with E-state index in [9.17, 15) is 9.90 Å². The van der Waals surface area contributed by atoms with Gasteiger partial charge in [-0.1, -0.05) is 0 Å². The van der Waals surface area contributed by atoms with Gasteiger partial charge >= 0.3 is 0 Å². The van der Waals surface area contributed by atoms with Crippen LogP contribution in [0.3, 0.4) is 0 Å². The minimum Gasteiger partial charge on any atom is -0.379 e. The van der Waals surface area contributed by atoms with E-state index < -0.39 is 5.60 Å². The van der Waals surface area contributed by atoms with Crippen LogP contribution in [0.1, 0.15) is 36.4 Å². The van der Waals surface area contributed by atoms with Crippen molar-refractivity contribution in [2.75, 3.05) is 19.6 Å². The summed E-state index contributed by atoms with van der Waals surface area (Å²) in [6.07, 6.45) is 3.88. The summed E-state index contributed by atoms with van der Waals surface area (Å²) in [5.74, 6) is 0.574. The zero-order valence-corrected chi connectivity index (χ0v) is 13.3. The lowest BCUT2D eigenvalue weighted by atomic mass is 9.91. The van der Waals surface area contributed by atoms with Crippen LogP contribution in [-0.4, -0.2) is 46.1 Å². The van der Waals surface area contributed by atoms with Crippen molar-refractivity contribution >= 4 is 17.2 Å². The van der Waals surface area contributed by atoms with Gasteiger partial charge in [0.2, 0.25) is 0 Å². The number of hydrogen-bond acceptors (Lipinski definition) is 5. The van der Waals surface area contributed by atoms with Crippen LogP contribution < -0.4 is 5.32 Å². The van der Waals surface area contributed by atoms with Crippen LogP contribution in [0.2, 0.25) is 0 Å². The van der Waals surface area contributed by atoms with Crippen LogP contribution in [0.5, 0.6) is 0 Å². The summed E-state index contributed by atoms with van der Waals surface area (Å²) >= 11 is 1.62. The van der Waals surface area contributed by atoms with E-state index in [0.29, 0.717) is 25.4 Å². The molecule has 2 N–H and O–H groups in total. The Labute approximate surface area is 129 Å². The quantitative estimate of drug-likeness (QED) is 0.831. The number of rotatable bonds is 6. The number of thiazole rings is 1. The summed E-state index contributed by atoms with van der Waals surface area (Å²) in [4.78, 5) is 18.7. The molecular weight excluding hydrogens is 286 g/mol. The maximum atomic E-state index is 12.5. The van der Waals surface area contributed by atoms with Crippen molar-refractivity contribution in [1.82, 2.24) is 15.2 Å². The first-order valence-corrected chi connectivity index (χ1v) is 8.58. The van der Waals surface area contributed by atoms with Crippen molar-refractivity contribution in [2.24, 2.45) is 5.92 Å². The van der Waals surface area contributed by atoms with Crippen LogP contribution in [0, 0.1) is 12.8 Å². The SMILES string of the molecule is Cc1nc(CNC[C@]2(O)CCCN(CC3CC3)C2=O)cs1. The van der Waals surface area contributed by atoms with Crippen LogP contribution in [0.4, 0.5) is 0 Å². The second-order valence-electron chi connectivity index (χ2n) is 6.29. The Morgan fingerprint density at radius 1 is 1.57 bits per heavy atom. The molecule has 0 aromatic carbocycles. The van der Waals surface area contributed by atoms with Gasteiger partial charge in [0, 0.05) is 31.6 Å². The van der Waals surface area contributed by atoms with Crippen molar-refractivity contribution in [3.63, 3.8) is 0 Å². The summed E-state index contributed by atoms with van der Waals surface area (Å²) in [5.41, 5.74) is -0.266. The first-order chi connectivity index (χ1) is 10.1. The van der Waals surface area contributed by atoms with E-state index in [1.807, 2.05) is 17.2 Å². The minimum absolute atomic E-state index is 0.0948. The molecule has 1 aromatic heterocycles. The van der Waals surface area contributed by atoms with Gasteiger partial charge in [0.05, 0.1) is 10.7 Å². The summed E-state index contributed by atoms with van der Waals surface area (Å²) < 4.78 is 0. The molecule has 1 aromatic rings. The fourth-order valence-electron chi connectivity index (χ4n) is 2.90. The van der Waals surface area contributed by atoms with Crippen molar-refractivity contribution in [2.45, 2.75) is 44.8 Å². The number of likely N-dealkylation sites (tertiary alicyclic amines) is 1. The van der Waals surface area contributed by atoms with Gasteiger partial charge in [0.1, 0.15) is 0 Å². The van der Waals surface area contributed by atoms with Gasteiger partial charge in [0.25, 0.3) is 5.91 Å². The minimum atomic E-state index is -1.24. The summed E-state index contributed by atoms with van der Waals surface area (Å²) in [6.45, 7) is 4.50. The van der Waals surface area contributed by atoms with Crippen LogP contribution in [0.15, 0.2) is 5.38 Å². The van der Waals surface area contributed by atoms with Crippen LogP contribution in [-0.2, 0) is 11.3 Å². The van der Waals surface area contributed by atoms with Crippen LogP contribution in [0.25, 0.3) is 0 Å². The molecule has 0 unspecified atom stereocenters. The summed E-state index contributed by atoms with van der Waals surface area (Å²) in [7, 11) is 0. The number of carbonyl (C=O) groups is 1. The number of piperidine rings is 1. The van der Waals surface area contributed by atoms with Gasteiger partial charge in [-0.3, -0.25) is 4.79 Å². The molecule has 2 aliphatic rings. The van der Waals surface area contributed by atoms with Gasteiger partial charge in [0.15, 0.2) is 5.60 Å². The molecule has 1 aliphatic heterocycles. The largest absolute Gasteiger partial charge is 0.379 e. The fourth-order valence-corrected chi connectivity index (χ4v) is 3.51. The highest BCUT2D eigenvalue weighted by molar-refractivity contribution is 7.09. The Morgan fingerprint density at radius 2 is 2.38 bits per heavy atom. The van der Waals surface area contributed by atoms with Crippen molar-refractivity contribution in [1.29, 1.82) is 0 Å². The number of nitrogens with one attached hydrogen (secondary N) is 1. The van der Waals surface area contributed by atoms with Crippen LogP contribution >= 0.6 is 11.3 Å². The number of carbonyl (C=O) groups excluding carboxylic acids is 1. The molecule has 2 heterocycles. The molecule has 1 saturated heterocycles. The Balaban J connectivity index is 1.53. The smallest absolute Gasteiger partial charge is 0.255 e. The maximum absolute atomic E-state index is 12.5. The molecule has 116 valence electrons. The normalized spacial score (nSPS) is 26.4. The Morgan fingerprint density at radius 3 is 3.05 bits per heavy atom. The highest BCUT2D eigenvalue weighted by Crippen LogP contribution is 2.32. The molecular formula is C15H23N3O2S. The average molecular weight is 309 g/mol. The Bertz CT molecular complexity index is 515. The third-order valence-electron chi connectivity index (χ3n) is 4.27. The number of aryl methyl sites for hydroxylation is 1. The van der Waals surface area contributed by atoms with Gasteiger partial charge < -0.3 is 15.3 Å². The van der Waals surface area contributed by atoms with Gasteiger partial charge in [-0.25, -0.2) is 4.98 Å². The van der Waals surface area contributed by atoms with Crippen molar-refractivity contribution in [3.05, 3.63) is 16.1 Å². The monoisotopic (exact) mass is 309 g/mol. The Hall–Kier alpha value is -0.980. The third-order valence-corrected chi connectivity index (χ3v) is 5.09. The molecule has 1 saturated carbocycles. The summed E-state index contributed by atoms with van der Waals surface area (Å²) in [5, 5.41) is 16.9. The molecule has 0 radical (unpaired) electrons. The number of aliphatic hydroxyl groups is 1. The van der Waals surface area contributed by atoms with Gasteiger partial charge in [-0.05, 0) is 38.5 Å². The molecule has 1 amide bonds. The molecule has 0 spiro atoms. The molecule has 5 nitrogen and oxygen atoms in total. The van der Waals surface area contributed by atoms with E-state index in [1.165, 1.54) is 12.8 Å². The molecule has 1 atom stereocenters. The first-order valence-electron chi connectivity index (χ1n) is 7.70. The first kappa shape index (κ1) is 14.9. The molecule has 21 heavy (non-hydrogen) atoms. The highest BCUT2D eigenvalue weighted by atomic mass is 32.1. The standard InChI is InChI=1S/C15H23N3O2S/c1-11-17-13(9-21-11)7-16-10-15(20)5-2-6-18(14(15)19)8-12-3-4-12/h9,12,16,20H,2-8,10H2,1H3/t15-/m1/s1. The zero-order chi connectivity index (χ0) is 14.9. The number of aromatic nitrogens is 1. The lowest BCUT2D eigenvalue weighted by Gasteiger charge is -2.38. The second-order valence-corrected chi connectivity index (χ2v) is 7.35. The van der Waals surface area contributed by atoms with E-state index in [4.69, 9.17) is 0 Å². The molecule has 2 fully saturated rings. The lowest BCUT2D eigenvalue weighted by Crippen LogP contribution is -2.58. The topological polar surface area (TPSA) is 65.5 Å². The average Bonchev–Trinajstić information content (AvgIpc) is 3.17. The molecule has 1 aliphatic carbocycles. The van der Waals surface area contributed by atoms with Crippen molar-refractivity contribution in [3.8, 4) is 0 Å². The van der Waals surface area contributed by atoms with E-state index in [-0.39, 0.29) is 5.91 Å². The number of hydrogen-bond donors (Lipinski definition) is 2. The fraction of sp³-hybridized carbons (Fsp3) is 0.733.